The summed E-state index contributed by atoms with van der Waals surface area (Å²) in [7, 11) is 1.89. The lowest BCUT2D eigenvalue weighted by Gasteiger charge is -2.40. The first kappa shape index (κ1) is 38.5. The molecule has 48 heavy (non-hydrogen) atoms. The van der Waals surface area contributed by atoms with Crippen LogP contribution in [0.15, 0.2) is 12.4 Å². The average molecular weight is 686 g/mol. The fourth-order valence-electron chi connectivity index (χ4n) is 5.70. The van der Waals surface area contributed by atoms with Crippen molar-refractivity contribution in [1.29, 1.82) is 0 Å². The maximum absolute atomic E-state index is 10.1. The molecule has 0 bridgehead atoms. The third kappa shape index (κ3) is 12.2. The Morgan fingerprint density at radius 2 is 1.35 bits per heavy atom. The van der Waals surface area contributed by atoms with Crippen LogP contribution in [0.4, 0.5) is 0 Å². The van der Waals surface area contributed by atoms with Gasteiger partial charge in [0.1, 0.15) is 35.8 Å². The van der Waals surface area contributed by atoms with E-state index >= 15 is 0 Å². The topological polar surface area (TPSA) is 212 Å². The van der Waals surface area contributed by atoms with Crippen LogP contribution in [-0.2, 0) is 43.4 Å². The molecule has 1 aliphatic carbocycles. The Morgan fingerprint density at radius 3 is 2.06 bits per heavy atom. The summed E-state index contributed by atoms with van der Waals surface area (Å²) in [6, 6.07) is 0.0763. The Bertz CT molecular complexity index is 1140. The lowest BCUT2D eigenvalue weighted by atomic mass is 9.89. The van der Waals surface area contributed by atoms with Crippen LogP contribution in [0.5, 0.6) is 0 Å². The Kier molecular flexibility index (Phi) is 16.9. The van der Waals surface area contributed by atoms with Crippen molar-refractivity contribution in [2.24, 2.45) is 0 Å². The normalized spacial score (nSPS) is 25.8. The highest BCUT2D eigenvalue weighted by Gasteiger charge is 2.42. The molecule has 7 atom stereocenters. The summed E-state index contributed by atoms with van der Waals surface area (Å²) >= 11 is 0. The number of hydrogen-bond acceptors (Lipinski definition) is 15. The van der Waals surface area contributed by atoms with Gasteiger partial charge in [0.25, 0.3) is 0 Å². The van der Waals surface area contributed by atoms with Crippen molar-refractivity contribution in [2.75, 3.05) is 58.3 Å². The van der Waals surface area contributed by atoms with Gasteiger partial charge in [-0.25, -0.2) is 4.68 Å². The Hall–Kier alpha value is -2.32. The molecule has 5 N–H and O–H groups in total. The standard InChI is InChI=1S/C31H55N7O10/c1-36(25-9-10-26(25)40)38-19-24(33-35-38)22-47-17-16-45-15-14-44-13-11-37-18-23(32-34-37)21-46-12-7-5-3-2-4-6-8-27-29(41)31(43)30(42)28(20-39)48-27/h18-19,25-31,39-43H,2-17,20-22H2,1H3. The Morgan fingerprint density at radius 1 is 0.729 bits per heavy atom. The van der Waals surface area contributed by atoms with Gasteiger partial charge in [-0.15, -0.1) is 10.2 Å². The smallest absolute Gasteiger partial charge is 0.111 e. The predicted molar refractivity (Wildman–Crippen MR) is 170 cm³/mol. The fraction of sp³-hybridized carbons (Fsp3) is 0.871. The summed E-state index contributed by atoms with van der Waals surface area (Å²) in [5, 5.41) is 67.4. The second-order valence-electron chi connectivity index (χ2n) is 12.5. The first-order valence-corrected chi connectivity index (χ1v) is 17.2. The molecule has 3 heterocycles. The molecule has 2 aromatic rings. The number of aromatic nitrogens is 6. The van der Waals surface area contributed by atoms with E-state index in [4.69, 9.17) is 23.7 Å². The number of hydrogen-bond donors (Lipinski definition) is 5. The van der Waals surface area contributed by atoms with E-state index in [-0.39, 0.29) is 12.1 Å². The SMILES string of the molecule is CN(C1CCC1O)n1cc(COCCOCCOCCn2cc(COCCCCCCCCC3OC(CO)C(O)C(O)C3O)nn2)nn1. The van der Waals surface area contributed by atoms with Gasteiger partial charge in [0, 0.05) is 13.7 Å². The molecule has 2 aliphatic rings. The first-order valence-electron chi connectivity index (χ1n) is 17.2. The summed E-state index contributed by atoms with van der Waals surface area (Å²) in [6.07, 6.45) is 6.46. The van der Waals surface area contributed by atoms with Crippen LogP contribution >= 0.6 is 0 Å². The highest BCUT2D eigenvalue weighted by molar-refractivity contribution is 5.02. The van der Waals surface area contributed by atoms with Gasteiger partial charge < -0.3 is 49.2 Å². The van der Waals surface area contributed by atoms with Gasteiger partial charge in [0.2, 0.25) is 0 Å². The quantitative estimate of drug-likeness (QED) is 0.0818. The second-order valence-corrected chi connectivity index (χ2v) is 12.5. The van der Waals surface area contributed by atoms with Crippen molar-refractivity contribution in [1.82, 2.24) is 30.1 Å². The Balaban J connectivity index is 0.902. The van der Waals surface area contributed by atoms with Crippen LogP contribution in [0.2, 0.25) is 0 Å². The molecule has 274 valence electrons. The van der Waals surface area contributed by atoms with Crippen molar-refractivity contribution >= 4 is 0 Å². The lowest BCUT2D eigenvalue weighted by Crippen LogP contribution is -2.58. The predicted octanol–water partition coefficient (Wildman–Crippen LogP) is -0.700. The van der Waals surface area contributed by atoms with Gasteiger partial charge in [-0.1, -0.05) is 37.3 Å². The summed E-state index contributed by atoms with van der Waals surface area (Å²) in [5.41, 5.74) is 1.50. The average Bonchev–Trinajstić information content (AvgIpc) is 3.75. The zero-order chi connectivity index (χ0) is 34.1. The zero-order valence-electron chi connectivity index (χ0n) is 28.0. The minimum absolute atomic E-state index is 0.0763. The van der Waals surface area contributed by atoms with E-state index < -0.39 is 37.1 Å². The lowest BCUT2D eigenvalue weighted by molar-refractivity contribution is -0.230. The highest BCUT2D eigenvalue weighted by atomic mass is 16.5. The number of aliphatic hydroxyl groups excluding tert-OH is 5. The van der Waals surface area contributed by atoms with Gasteiger partial charge in [-0.3, -0.25) is 5.01 Å². The summed E-state index contributed by atoms with van der Waals surface area (Å²) in [5.74, 6) is 0. The minimum Gasteiger partial charge on any atom is -0.394 e. The number of likely N-dealkylation sites (N-methyl/N-ethyl adjacent to an activating group) is 1. The molecule has 17 nitrogen and oxygen atoms in total. The monoisotopic (exact) mass is 685 g/mol. The van der Waals surface area contributed by atoms with Crippen LogP contribution in [0.25, 0.3) is 0 Å². The van der Waals surface area contributed by atoms with E-state index in [1.54, 1.807) is 15.7 Å². The second kappa shape index (κ2) is 21.0. The van der Waals surface area contributed by atoms with E-state index in [1.807, 2.05) is 18.3 Å². The molecular formula is C31H55N7O10. The summed E-state index contributed by atoms with van der Waals surface area (Å²) in [6.45, 7) is 3.91. The zero-order valence-corrected chi connectivity index (χ0v) is 28.0. The van der Waals surface area contributed by atoms with Crippen molar-refractivity contribution in [3.05, 3.63) is 23.8 Å². The molecular weight excluding hydrogens is 630 g/mol. The molecule has 1 saturated carbocycles. The third-order valence-corrected chi connectivity index (χ3v) is 8.85. The Labute approximate surface area is 281 Å². The van der Waals surface area contributed by atoms with Gasteiger partial charge in [-0.2, -0.15) is 4.79 Å². The summed E-state index contributed by atoms with van der Waals surface area (Å²) in [4.78, 5) is 1.64. The number of ether oxygens (including phenoxy) is 5. The van der Waals surface area contributed by atoms with Crippen molar-refractivity contribution < 1.29 is 49.2 Å². The molecule has 0 amide bonds. The fourth-order valence-corrected chi connectivity index (χ4v) is 5.70. The van der Waals surface area contributed by atoms with Crippen molar-refractivity contribution in [2.45, 2.75) is 120 Å². The van der Waals surface area contributed by atoms with Crippen molar-refractivity contribution in [3.8, 4) is 0 Å². The van der Waals surface area contributed by atoms with E-state index in [9.17, 15) is 25.5 Å². The van der Waals surface area contributed by atoms with E-state index in [0.717, 1.165) is 62.8 Å². The molecule has 4 rings (SSSR count). The van der Waals surface area contributed by atoms with Gasteiger partial charge >= 0.3 is 0 Å². The molecule has 1 aliphatic heterocycles. The number of rotatable bonds is 25. The van der Waals surface area contributed by atoms with E-state index in [1.165, 1.54) is 0 Å². The van der Waals surface area contributed by atoms with Gasteiger partial charge in [0.05, 0.1) is 90.0 Å². The van der Waals surface area contributed by atoms with Crippen LogP contribution in [0.1, 0.15) is 69.2 Å². The number of aliphatic hydroxyl groups is 5. The molecule has 0 radical (unpaired) electrons. The van der Waals surface area contributed by atoms with Crippen LogP contribution < -0.4 is 5.01 Å². The maximum atomic E-state index is 10.1. The molecule has 17 heteroatoms. The molecule has 1 saturated heterocycles. The molecule has 2 fully saturated rings. The van der Waals surface area contributed by atoms with Gasteiger partial charge in [0.15, 0.2) is 0 Å². The highest BCUT2D eigenvalue weighted by Crippen LogP contribution is 2.25. The van der Waals surface area contributed by atoms with Crippen LogP contribution in [0, 0.1) is 0 Å². The van der Waals surface area contributed by atoms with Crippen LogP contribution in [-0.4, -0.2) is 152 Å². The van der Waals surface area contributed by atoms with Gasteiger partial charge in [-0.05, 0) is 30.9 Å². The molecule has 0 spiro atoms. The maximum Gasteiger partial charge on any atom is 0.111 e. The van der Waals surface area contributed by atoms with Crippen molar-refractivity contribution in [3.63, 3.8) is 0 Å². The van der Waals surface area contributed by atoms with Crippen LogP contribution in [0.3, 0.4) is 0 Å². The molecule has 2 aromatic heterocycles. The number of unbranched alkanes of at least 4 members (excludes halogenated alkanes) is 5. The van der Waals surface area contributed by atoms with E-state index in [0.29, 0.717) is 65.8 Å². The number of nitrogens with zero attached hydrogens (tertiary/aromatic N) is 7. The summed E-state index contributed by atoms with van der Waals surface area (Å²) < 4.78 is 29.8. The molecule has 0 aromatic carbocycles. The minimum atomic E-state index is -1.30. The largest absolute Gasteiger partial charge is 0.394 e. The first-order chi connectivity index (χ1) is 23.4. The molecule has 7 unspecified atom stereocenters. The van der Waals surface area contributed by atoms with E-state index in [2.05, 4.69) is 20.6 Å². The third-order valence-electron chi connectivity index (χ3n) is 8.85.